The maximum absolute atomic E-state index is 10.4. The minimum atomic E-state index is -1.29. The Morgan fingerprint density at radius 2 is 1.75 bits per heavy atom. The molecule has 0 atom stereocenters. The summed E-state index contributed by atoms with van der Waals surface area (Å²) in [4.78, 5) is 20.0. The summed E-state index contributed by atoms with van der Waals surface area (Å²) in [7, 11) is 0. The molecule has 0 aliphatic rings. The lowest BCUT2D eigenvalue weighted by molar-refractivity contribution is -0.385. The summed E-state index contributed by atoms with van der Waals surface area (Å²) in [5.41, 5.74) is -0.674. The zero-order chi connectivity index (χ0) is 13.1. The van der Waals surface area contributed by atoms with Gasteiger partial charge in [-0.05, 0) is 6.07 Å². The second-order valence-electron chi connectivity index (χ2n) is 2.08. The molecule has 5 nitrogen and oxygen atoms in total. The molecule has 0 saturated carbocycles. The Kier molecular flexibility index (Phi) is 12.4. The summed E-state index contributed by atoms with van der Waals surface area (Å²) in [5, 5.41) is 18.8. The Labute approximate surface area is 117 Å². The van der Waals surface area contributed by atoms with E-state index in [1.54, 1.807) is 0 Å². The molecule has 16 heavy (non-hydrogen) atoms. The van der Waals surface area contributed by atoms with Crippen molar-refractivity contribution in [2.75, 3.05) is 0 Å². The first-order chi connectivity index (χ1) is 7.63. The van der Waals surface area contributed by atoms with Crippen LogP contribution in [0.15, 0.2) is 24.3 Å². The van der Waals surface area contributed by atoms with Crippen LogP contribution in [0, 0.1) is 10.1 Å². The zero-order valence-electron chi connectivity index (χ0n) is 8.68. The van der Waals surface area contributed by atoms with E-state index in [9.17, 15) is 14.9 Å². The van der Waals surface area contributed by atoms with Crippen LogP contribution in [-0.4, -0.2) is 16.0 Å². The maximum Gasteiger partial charge on any atom is 0.342 e. The average molecular weight is 451 g/mol. The largest absolute Gasteiger partial charge is 0.477 e. The summed E-state index contributed by atoms with van der Waals surface area (Å²) < 4.78 is 0. The van der Waals surface area contributed by atoms with E-state index in [-0.39, 0.29) is 11.3 Å². The molecule has 1 aromatic rings. The molecule has 0 unspecified atom stereocenters. The number of para-hydroxylation sites is 1. The number of hydrogen-bond acceptors (Lipinski definition) is 3. The predicted octanol–water partition coefficient (Wildman–Crippen LogP) is 4.09. The number of nitro groups is 1. The van der Waals surface area contributed by atoms with Crippen LogP contribution in [0.25, 0.3) is 0 Å². The van der Waals surface area contributed by atoms with Crippen molar-refractivity contribution in [3.8, 4) is 0 Å². The second-order valence-corrected chi connectivity index (χ2v) is 2.08. The Morgan fingerprint density at radius 3 is 2.06 bits per heavy atom. The van der Waals surface area contributed by atoms with Crippen molar-refractivity contribution < 1.29 is 14.8 Å². The molecule has 0 saturated heterocycles. The summed E-state index contributed by atoms with van der Waals surface area (Å²) in [6.07, 6.45) is 0. The average Bonchev–Trinajstić information content (AvgIpc) is 2.34. The van der Waals surface area contributed by atoms with E-state index in [2.05, 4.69) is 37.2 Å². The highest BCUT2D eigenvalue weighted by molar-refractivity contribution is 15.0. The molecule has 0 aliphatic heterocycles. The van der Waals surface area contributed by atoms with E-state index >= 15 is 0 Å². The fraction of sp³-hybridized carbons (Fsp3) is 0.222. The van der Waals surface area contributed by atoms with E-state index in [4.69, 9.17) is 5.11 Å². The molecule has 1 aromatic carbocycles. The van der Waals surface area contributed by atoms with Gasteiger partial charge in [-0.15, -0.1) is 0 Å². The minimum absolute atomic E-state index is 0.289. The van der Waals surface area contributed by atoms with Gasteiger partial charge >= 0.3 is 5.97 Å². The Morgan fingerprint density at radius 1 is 1.31 bits per heavy atom. The van der Waals surface area contributed by atoms with Gasteiger partial charge in [-0.25, -0.2) is 4.79 Å². The number of benzene rings is 1. The summed E-state index contributed by atoms with van der Waals surface area (Å²) in [6.45, 7) is 4.00. The molecule has 0 aromatic heterocycles. The van der Waals surface area contributed by atoms with Crippen LogP contribution in [0.4, 0.5) is 5.69 Å². The van der Waals surface area contributed by atoms with Crippen molar-refractivity contribution in [2.24, 2.45) is 0 Å². The van der Waals surface area contributed by atoms with Crippen molar-refractivity contribution >= 4 is 48.9 Å². The third-order valence-corrected chi connectivity index (χ3v) is 1.33. The van der Waals surface area contributed by atoms with Gasteiger partial charge in [0.1, 0.15) is 5.56 Å². The van der Waals surface area contributed by atoms with Gasteiger partial charge in [0.15, 0.2) is 0 Å². The van der Waals surface area contributed by atoms with Crippen molar-refractivity contribution in [3.05, 3.63) is 39.9 Å². The monoisotopic (exact) mass is 451 g/mol. The highest BCUT2D eigenvalue weighted by atomic mass is 128. The molecule has 1 rings (SSSR count). The molecule has 0 radical (unpaired) electrons. The van der Waals surface area contributed by atoms with E-state index in [0.717, 1.165) is 6.07 Å². The van der Waals surface area contributed by atoms with Crippen LogP contribution in [0.2, 0.25) is 0 Å². The van der Waals surface area contributed by atoms with E-state index in [1.165, 1.54) is 18.2 Å². The number of rotatable bonds is 2. The number of nitrogens with zero attached hydrogens (tertiary/aromatic N) is 1. The third kappa shape index (κ3) is 6.20. The lowest BCUT2D eigenvalue weighted by atomic mass is 10.2. The first-order valence-electron chi connectivity index (χ1n) is 4.24. The smallest absolute Gasteiger partial charge is 0.342 e. The van der Waals surface area contributed by atoms with Crippen LogP contribution in [0.3, 0.4) is 0 Å². The van der Waals surface area contributed by atoms with Crippen molar-refractivity contribution in [1.82, 2.24) is 0 Å². The number of nitro benzene ring substituents is 1. The SMILES string of the molecule is CC.II.O=C(O)c1ccccc1[N+](=O)[O-]. The van der Waals surface area contributed by atoms with E-state index in [0.29, 0.717) is 0 Å². The van der Waals surface area contributed by atoms with Gasteiger partial charge in [-0.2, -0.15) is 0 Å². The molecule has 0 amide bonds. The first-order valence-corrected chi connectivity index (χ1v) is 10.5. The van der Waals surface area contributed by atoms with Gasteiger partial charge in [0.05, 0.1) is 4.92 Å². The quantitative estimate of drug-likeness (QED) is 0.418. The van der Waals surface area contributed by atoms with Crippen LogP contribution < -0.4 is 0 Å². The molecule has 0 fully saturated rings. The van der Waals surface area contributed by atoms with Gasteiger partial charge in [-0.3, -0.25) is 10.1 Å². The van der Waals surface area contributed by atoms with Gasteiger partial charge in [-0.1, -0.05) is 26.0 Å². The van der Waals surface area contributed by atoms with Crippen LogP contribution in [-0.2, 0) is 0 Å². The molecule has 1 N–H and O–H groups in total. The highest BCUT2D eigenvalue weighted by Gasteiger charge is 2.17. The Bertz CT molecular complexity index is 311. The zero-order valence-corrected chi connectivity index (χ0v) is 13.0. The van der Waals surface area contributed by atoms with Crippen LogP contribution in [0.5, 0.6) is 0 Å². The maximum atomic E-state index is 10.4. The summed E-state index contributed by atoms with van der Waals surface area (Å²) >= 11 is 4.24. The van der Waals surface area contributed by atoms with Gasteiger partial charge < -0.3 is 5.11 Å². The number of halogens is 2. The fourth-order valence-electron chi connectivity index (χ4n) is 0.814. The van der Waals surface area contributed by atoms with Crippen molar-refractivity contribution in [1.29, 1.82) is 0 Å². The van der Waals surface area contributed by atoms with Gasteiger partial charge in [0, 0.05) is 43.3 Å². The fourth-order valence-corrected chi connectivity index (χ4v) is 0.814. The molecule has 0 aliphatic carbocycles. The summed E-state index contributed by atoms with van der Waals surface area (Å²) in [6, 6.07) is 5.21. The molecular formula is C9H11I2NO4. The lowest BCUT2D eigenvalue weighted by Gasteiger charge is -1.94. The number of carboxylic acids is 1. The standard InChI is InChI=1S/C7H5NO4.C2H6.I2/c9-7(10)5-3-1-2-4-6(5)8(11)12;2*1-2/h1-4H,(H,9,10);1-2H3;. The molecular weight excluding hydrogens is 440 g/mol. The number of carboxylic acid groups (broad SMARTS) is 1. The number of carbonyl (C=O) groups is 1. The van der Waals surface area contributed by atoms with Crippen molar-refractivity contribution in [3.63, 3.8) is 0 Å². The number of aromatic carboxylic acids is 1. The first kappa shape index (κ1) is 17.9. The minimum Gasteiger partial charge on any atom is -0.477 e. The van der Waals surface area contributed by atoms with E-state index < -0.39 is 10.9 Å². The normalized spacial score (nSPS) is 7.75. The van der Waals surface area contributed by atoms with Crippen LogP contribution >= 0.6 is 37.2 Å². The highest BCUT2D eigenvalue weighted by Crippen LogP contribution is 2.16. The summed E-state index contributed by atoms with van der Waals surface area (Å²) in [5.74, 6) is -1.29. The van der Waals surface area contributed by atoms with Gasteiger partial charge in [0.2, 0.25) is 0 Å². The Hall–Kier alpha value is -0.450. The van der Waals surface area contributed by atoms with Crippen molar-refractivity contribution in [2.45, 2.75) is 13.8 Å². The topological polar surface area (TPSA) is 80.4 Å². The van der Waals surface area contributed by atoms with Gasteiger partial charge in [0.25, 0.3) is 5.69 Å². The molecule has 0 bridgehead atoms. The second kappa shape index (κ2) is 11.0. The van der Waals surface area contributed by atoms with Crippen LogP contribution in [0.1, 0.15) is 24.2 Å². The predicted molar refractivity (Wildman–Crippen MR) is 79.4 cm³/mol. The molecule has 0 heterocycles. The molecule has 90 valence electrons. The third-order valence-electron chi connectivity index (χ3n) is 1.33. The number of hydrogen-bond donors (Lipinski definition) is 1. The molecule has 7 heteroatoms. The lowest BCUT2D eigenvalue weighted by Crippen LogP contribution is -2.01. The molecule has 0 spiro atoms. The Balaban J connectivity index is 0. The van der Waals surface area contributed by atoms with E-state index in [1.807, 2.05) is 13.8 Å².